The number of nitrogens with one attached hydrogen (secondary N) is 2. The molecule has 0 saturated carbocycles. The van der Waals surface area contributed by atoms with E-state index in [1.165, 1.54) is 61.5 Å². The van der Waals surface area contributed by atoms with Gasteiger partial charge in [-0.05, 0) is 84.9 Å². The molecule has 261 valence electrons. The number of benzene rings is 4. The zero-order valence-corrected chi connectivity index (χ0v) is 28.8. The third-order valence-corrected chi connectivity index (χ3v) is 9.14. The normalized spacial score (nSPS) is 11.3. The largest absolute Gasteiger partial charge is 2.00 e. The number of para-hydroxylation sites is 2. The van der Waals surface area contributed by atoms with Gasteiger partial charge in [0.25, 0.3) is 20.0 Å². The van der Waals surface area contributed by atoms with Gasteiger partial charge in [-0.25, -0.2) is 46.2 Å². The van der Waals surface area contributed by atoms with Crippen molar-refractivity contribution in [2.75, 3.05) is 9.44 Å². The summed E-state index contributed by atoms with van der Waals surface area (Å²) in [6.45, 7) is 0. The minimum absolute atomic E-state index is 0. The van der Waals surface area contributed by atoms with Gasteiger partial charge in [-0.3, -0.25) is 9.98 Å². The van der Waals surface area contributed by atoms with E-state index in [0.29, 0.717) is 22.5 Å². The van der Waals surface area contributed by atoms with Crippen LogP contribution in [0.5, 0.6) is 11.5 Å². The van der Waals surface area contributed by atoms with Crippen molar-refractivity contribution in [3.8, 4) is 11.5 Å². The molecule has 0 amide bonds. The van der Waals surface area contributed by atoms with Gasteiger partial charge in [0.05, 0.1) is 21.2 Å². The third-order valence-electron chi connectivity index (χ3n) is 6.46. The molecule has 0 saturated heterocycles. The molecule has 2 aromatic heterocycles. The van der Waals surface area contributed by atoms with Crippen molar-refractivity contribution in [3.63, 3.8) is 0 Å². The number of hydrogen-bond acceptors (Lipinski definition) is 12. The maximum atomic E-state index is 12.3. The van der Waals surface area contributed by atoms with E-state index in [9.17, 15) is 27.0 Å². The van der Waals surface area contributed by atoms with Gasteiger partial charge in [0.2, 0.25) is 11.9 Å². The SMILES string of the molecule is O=S(=O)(Nc1ncccn1)c1ccc(N=Cc2ccccc2O)cc1.O=S(=O)(Nc1ncccn1)c1ccc(N=Cc2ccccc2O)cc1.[Cu+2]. The van der Waals surface area contributed by atoms with Crippen molar-refractivity contribution in [1.29, 1.82) is 0 Å². The number of sulfonamides is 2. The number of aromatic nitrogens is 4. The second-order valence-corrected chi connectivity index (χ2v) is 13.3. The first kappa shape index (κ1) is 37.8. The topological polar surface area (TPSA) is 209 Å². The third kappa shape index (κ3) is 11.0. The molecule has 6 aromatic rings. The van der Waals surface area contributed by atoms with Gasteiger partial charge >= 0.3 is 17.1 Å². The van der Waals surface area contributed by atoms with Crippen molar-refractivity contribution in [2.24, 2.45) is 9.98 Å². The first-order chi connectivity index (χ1) is 24.1. The van der Waals surface area contributed by atoms with Gasteiger partial charge < -0.3 is 10.2 Å². The predicted octanol–water partition coefficient (Wildman–Crippen LogP) is 5.46. The van der Waals surface area contributed by atoms with Gasteiger partial charge in [-0.2, -0.15) is 0 Å². The molecule has 0 unspecified atom stereocenters. The van der Waals surface area contributed by atoms with Gasteiger partial charge in [-0.15, -0.1) is 0 Å². The second kappa shape index (κ2) is 17.6. The maximum Gasteiger partial charge on any atom is 2.00 e. The molecule has 0 aliphatic rings. The molecule has 2 heterocycles. The zero-order chi connectivity index (χ0) is 35.4. The average Bonchev–Trinajstić information content (AvgIpc) is 3.12. The minimum Gasteiger partial charge on any atom is -0.507 e. The van der Waals surface area contributed by atoms with Crippen molar-refractivity contribution >= 4 is 55.7 Å². The molecule has 6 rings (SSSR count). The fourth-order valence-electron chi connectivity index (χ4n) is 3.97. The number of hydrogen-bond donors (Lipinski definition) is 4. The number of nitrogens with zero attached hydrogens (tertiary/aromatic N) is 6. The van der Waals surface area contributed by atoms with Crippen molar-refractivity contribution in [3.05, 3.63) is 145 Å². The predicted molar refractivity (Wildman–Crippen MR) is 189 cm³/mol. The van der Waals surface area contributed by atoms with Gasteiger partial charge in [0.1, 0.15) is 11.5 Å². The Morgan fingerprint density at radius 1 is 0.490 bits per heavy atom. The summed E-state index contributed by atoms with van der Waals surface area (Å²) in [4.78, 5) is 23.9. The molecule has 4 aromatic carbocycles. The Bertz CT molecular complexity index is 2150. The van der Waals surface area contributed by atoms with Crippen LogP contribution >= 0.6 is 0 Å². The van der Waals surface area contributed by atoms with E-state index in [1.54, 1.807) is 84.9 Å². The van der Waals surface area contributed by atoms with Gasteiger partial charge in [-0.1, -0.05) is 24.3 Å². The molecular weight excluding hydrogens is 744 g/mol. The van der Waals surface area contributed by atoms with E-state index in [2.05, 4.69) is 39.4 Å². The summed E-state index contributed by atoms with van der Waals surface area (Å²) in [7, 11) is -7.54. The van der Waals surface area contributed by atoms with E-state index in [0.717, 1.165) is 0 Å². The number of aromatic hydroxyl groups is 2. The fraction of sp³-hybridized carbons (Fsp3) is 0. The van der Waals surface area contributed by atoms with Crippen molar-refractivity contribution < 1.29 is 44.1 Å². The van der Waals surface area contributed by atoms with Crippen LogP contribution in [0.2, 0.25) is 0 Å². The zero-order valence-electron chi connectivity index (χ0n) is 26.2. The number of anilines is 2. The molecule has 0 atom stereocenters. The van der Waals surface area contributed by atoms with Crippen LogP contribution < -0.4 is 9.44 Å². The summed E-state index contributed by atoms with van der Waals surface area (Å²) >= 11 is 0. The van der Waals surface area contributed by atoms with Crippen molar-refractivity contribution in [1.82, 2.24) is 19.9 Å². The molecule has 0 fully saturated rings. The first-order valence-electron chi connectivity index (χ1n) is 14.5. The van der Waals surface area contributed by atoms with Crippen LogP contribution in [0.25, 0.3) is 0 Å². The average molecular weight is 772 g/mol. The summed E-state index contributed by atoms with van der Waals surface area (Å²) in [5.74, 6) is 0.253. The smallest absolute Gasteiger partial charge is 0.507 e. The van der Waals surface area contributed by atoms with E-state index in [-0.39, 0.29) is 50.3 Å². The van der Waals surface area contributed by atoms with E-state index in [1.807, 2.05) is 0 Å². The summed E-state index contributed by atoms with van der Waals surface area (Å²) in [5, 5.41) is 19.4. The summed E-state index contributed by atoms with van der Waals surface area (Å²) in [6.07, 6.45) is 8.80. The molecular formula is C34H28CuN8O6S2+2. The molecule has 51 heavy (non-hydrogen) atoms. The molecule has 1 radical (unpaired) electrons. The van der Waals surface area contributed by atoms with E-state index in [4.69, 9.17) is 0 Å². The molecule has 0 aliphatic carbocycles. The molecule has 4 N–H and O–H groups in total. The Morgan fingerprint density at radius 3 is 1.16 bits per heavy atom. The summed E-state index contributed by atoms with van der Waals surface area (Å²) in [6, 6.07) is 28.8. The monoisotopic (exact) mass is 771 g/mol. The summed E-state index contributed by atoms with van der Waals surface area (Å²) < 4.78 is 53.7. The minimum atomic E-state index is -3.77. The number of rotatable bonds is 10. The summed E-state index contributed by atoms with van der Waals surface area (Å²) in [5.41, 5.74) is 2.25. The van der Waals surface area contributed by atoms with Gasteiger partial charge in [0, 0.05) is 48.3 Å². The van der Waals surface area contributed by atoms with Crippen LogP contribution in [0.1, 0.15) is 11.1 Å². The fourth-order valence-corrected chi connectivity index (χ4v) is 5.88. The van der Waals surface area contributed by atoms with Crippen LogP contribution in [0.4, 0.5) is 23.3 Å². The van der Waals surface area contributed by atoms with Crippen LogP contribution in [-0.4, -0.2) is 59.4 Å². The van der Waals surface area contributed by atoms with Crippen molar-refractivity contribution in [2.45, 2.75) is 9.79 Å². The first-order valence-corrected chi connectivity index (χ1v) is 17.5. The Labute approximate surface area is 304 Å². The number of phenols is 2. The van der Waals surface area contributed by atoms with Crippen LogP contribution in [0.15, 0.2) is 154 Å². The van der Waals surface area contributed by atoms with E-state index >= 15 is 0 Å². The maximum absolute atomic E-state index is 12.3. The van der Waals surface area contributed by atoms with E-state index < -0.39 is 20.0 Å². The quantitative estimate of drug-likeness (QED) is 0.102. The van der Waals surface area contributed by atoms with Crippen LogP contribution in [0.3, 0.4) is 0 Å². The van der Waals surface area contributed by atoms with Crippen LogP contribution in [-0.2, 0) is 37.1 Å². The molecule has 0 spiro atoms. The van der Waals surface area contributed by atoms with Gasteiger partial charge in [0.15, 0.2) is 0 Å². The Hall–Kier alpha value is -6.00. The number of phenolic OH excluding ortho intramolecular Hbond substituents is 2. The Balaban J connectivity index is 0.000000224. The van der Waals surface area contributed by atoms with Crippen LogP contribution in [0, 0.1) is 0 Å². The molecule has 0 aliphatic heterocycles. The Kier molecular flexibility index (Phi) is 13.0. The Morgan fingerprint density at radius 2 is 0.824 bits per heavy atom. The standard InChI is InChI=1S/2C17H14N4O3S.Cu/c2*22-16-5-2-1-4-13(16)12-20-14-6-8-15(9-7-14)25(23,24)21-17-18-10-3-11-19-17;/h2*1-12,22H,(H,18,19,21);/q;;+2. The molecule has 0 bridgehead atoms. The molecule has 17 heteroatoms. The molecule has 14 nitrogen and oxygen atoms in total. The second-order valence-electron chi connectivity index (χ2n) is 9.98. The number of aliphatic imine (C=N–C) groups is 2.